The van der Waals surface area contributed by atoms with Crippen LogP contribution in [0.15, 0.2) is 0 Å². The maximum absolute atomic E-state index is 10.4. The van der Waals surface area contributed by atoms with Crippen LogP contribution in [0.25, 0.3) is 0 Å². The summed E-state index contributed by atoms with van der Waals surface area (Å²) in [5.41, 5.74) is 9.58. The SMILES string of the molecule is NCC(=O)OC(=O)OC(=O)CN.[MgH2].[MgH2]. The molecule has 7 nitrogen and oxygen atoms in total. The average molecular weight is 229 g/mol. The van der Waals surface area contributed by atoms with Crippen LogP contribution in [0.5, 0.6) is 0 Å². The fourth-order valence-electron chi connectivity index (χ4n) is 0.290. The van der Waals surface area contributed by atoms with Gasteiger partial charge in [0.2, 0.25) is 0 Å². The Morgan fingerprint density at radius 3 is 1.36 bits per heavy atom. The lowest BCUT2D eigenvalue weighted by Gasteiger charge is -1.99. The minimum Gasteiger partial charge on any atom is -0.359 e. The van der Waals surface area contributed by atoms with E-state index in [9.17, 15) is 14.4 Å². The Bertz CT molecular complexity index is 190. The number of ether oxygens (including phenoxy) is 2. The topological polar surface area (TPSA) is 122 Å². The molecule has 14 heavy (non-hydrogen) atoms. The Labute approximate surface area is 112 Å². The molecule has 0 fully saturated rings. The van der Waals surface area contributed by atoms with Crippen LogP contribution in [0, 0.1) is 0 Å². The van der Waals surface area contributed by atoms with E-state index in [2.05, 4.69) is 9.47 Å². The number of carbonyl (C=O) groups excluding carboxylic acids is 3. The van der Waals surface area contributed by atoms with E-state index >= 15 is 0 Å². The van der Waals surface area contributed by atoms with Crippen molar-refractivity contribution in [3.63, 3.8) is 0 Å². The van der Waals surface area contributed by atoms with E-state index in [1.807, 2.05) is 0 Å². The normalized spacial score (nSPS) is 7.57. The predicted octanol–water partition coefficient (Wildman–Crippen LogP) is -3.72. The molecule has 0 saturated carbocycles. The van der Waals surface area contributed by atoms with Gasteiger partial charge in [-0.1, -0.05) is 0 Å². The highest BCUT2D eigenvalue weighted by Gasteiger charge is 2.13. The van der Waals surface area contributed by atoms with Gasteiger partial charge in [-0.05, 0) is 0 Å². The first-order chi connectivity index (χ1) is 5.60. The summed E-state index contributed by atoms with van der Waals surface area (Å²) in [6.45, 7) is -0.933. The minimum absolute atomic E-state index is 0. The monoisotopic (exact) mass is 228 g/mol. The Hall–Kier alpha value is 0.0625. The standard InChI is InChI=1S/C5H8N2O5.2Mg.4H/c6-1-3(8)11-5(10)12-4(9)2-7;;;;;;/h1-2,6-7H2;;;;;;. The third kappa shape index (κ3) is 10.1. The largest absolute Gasteiger partial charge is 0.524 e. The van der Waals surface area contributed by atoms with Crippen LogP contribution >= 0.6 is 0 Å². The molecule has 0 rings (SSSR count). The quantitative estimate of drug-likeness (QED) is 0.283. The maximum Gasteiger partial charge on any atom is 0.524 e. The third-order valence-electron chi connectivity index (χ3n) is 0.728. The second kappa shape index (κ2) is 11.1. The molecular weight excluding hydrogens is 217 g/mol. The van der Waals surface area contributed by atoms with Crippen LogP contribution in [-0.2, 0) is 19.1 Å². The first kappa shape index (κ1) is 19.6. The predicted molar refractivity (Wildman–Crippen MR) is 52.8 cm³/mol. The van der Waals surface area contributed by atoms with Crippen molar-refractivity contribution in [3.8, 4) is 0 Å². The van der Waals surface area contributed by atoms with Gasteiger partial charge in [-0.15, -0.1) is 0 Å². The van der Waals surface area contributed by atoms with Crippen molar-refractivity contribution in [2.75, 3.05) is 13.1 Å². The minimum atomic E-state index is -1.42. The molecule has 9 heteroatoms. The van der Waals surface area contributed by atoms with Gasteiger partial charge in [0.25, 0.3) is 0 Å². The maximum atomic E-state index is 10.4. The summed E-state index contributed by atoms with van der Waals surface area (Å²) >= 11 is 0. The fourth-order valence-corrected chi connectivity index (χ4v) is 0.290. The molecule has 0 aliphatic carbocycles. The van der Waals surface area contributed by atoms with E-state index in [1.54, 1.807) is 0 Å². The number of hydrogen-bond acceptors (Lipinski definition) is 7. The zero-order valence-electron chi connectivity index (χ0n) is 6.11. The van der Waals surface area contributed by atoms with E-state index in [4.69, 9.17) is 11.5 Å². The average Bonchev–Trinajstić information content (AvgIpc) is 2.03. The molecule has 0 atom stereocenters. The molecule has 0 saturated heterocycles. The van der Waals surface area contributed by atoms with E-state index < -0.39 is 31.2 Å². The Balaban J connectivity index is -0.000000605. The van der Waals surface area contributed by atoms with E-state index in [1.165, 1.54) is 0 Å². The van der Waals surface area contributed by atoms with Crippen molar-refractivity contribution in [2.45, 2.75) is 0 Å². The zero-order valence-corrected chi connectivity index (χ0v) is 6.11. The first-order valence-electron chi connectivity index (χ1n) is 2.95. The van der Waals surface area contributed by atoms with Crippen LogP contribution in [0.2, 0.25) is 0 Å². The third-order valence-corrected chi connectivity index (χ3v) is 0.728. The summed E-state index contributed by atoms with van der Waals surface area (Å²) in [5, 5.41) is 0. The van der Waals surface area contributed by atoms with Gasteiger partial charge in [0.1, 0.15) is 0 Å². The Morgan fingerprint density at radius 2 is 1.14 bits per heavy atom. The number of esters is 2. The van der Waals surface area contributed by atoms with Gasteiger partial charge in [-0.25, -0.2) is 4.79 Å². The molecule has 0 aliphatic rings. The molecule has 0 amide bonds. The van der Waals surface area contributed by atoms with Crippen molar-refractivity contribution in [3.05, 3.63) is 0 Å². The number of rotatable bonds is 2. The molecule has 0 unspecified atom stereocenters. The highest BCUT2D eigenvalue weighted by atomic mass is 24.3. The molecule has 4 N–H and O–H groups in total. The number of hydrogen-bond donors (Lipinski definition) is 2. The molecule has 0 bridgehead atoms. The van der Waals surface area contributed by atoms with Crippen LogP contribution in [0.4, 0.5) is 4.79 Å². The van der Waals surface area contributed by atoms with Crippen molar-refractivity contribution in [1.29, 1.82) is 0 Å². The van der Waals surface area contributed by atoms with Crippen LogP contribution in [0.1, 0.15) is 0 Å². The second-order valence-electron chi connectivity index (χ2n) is 1.61. The van der Waals surface area contributed by atoms with Gasteiger partial charge < -0.3 is 20.9 Å². The summed E-state index contributed by atoms with van der Waals surface area (Å²) in [4.78, 5) is 31.0. The van der Waals surface area contributed by atoms with Crippen LogP contribution in [0.3, 0.4) is 0 Å². The summed E-state index contributed by atoms with van der Waals surface area (Å²) in [6, 6.07) is 0. The van der Waals surface area contributed by atoms with E-state index in [0.29, 0.717) is 0 Å². The van der Waals surface area contributed by atoms with Gasteiger partial charge in [0.15, 0.2) is 0 Å². The Kier molecular flexibility index (Phi) is 15.6. The Morgan fingerprint density at radius 1 is 0.857 bits per heavy atom. The van der Waals surface area contributed by atoms with Crippen molar-refractivity contribution in [1.82, 2.24) is 0 Å². The number of carbonyl (C=O) groups is 3. The number of nitrogens with two attached hydrogens (primary N) is 2. The van der Waals surface area contributed by atoms with Gasteiger partial charge in [-0.3, -0.25) is 9.59 Å². The lowest BCUT2D eigenvalue weighted by Crippen LogP contribution is -2.25. The van der Waals surface area contributed by atoms with Crippen LogP contribution in [-0.4, -0.2) is 77.3 Å². The van der Waals surface area contributed by atoms with Crippen molar-refractivity contribution < 1.29 is 23.9 Å². The van der Waals surface area contributed by atoms with Gasteiger partial charge in [0, 0.05) is 0 Å². The molecule has 0 aromatic heterocycles. The molecule has 0 spiro atoms. The highest BCUT2D eigenvalue weighted by Crippen LogP contribution is 1.85. The molecular formula is C5H12Mg2N2O5. The summed E-state index contributed by atoms with van der Waals surface area (Å²) in [5.74, 6) is -1.96. The molecule has 76 valence electrons. The highest BCUT2D eigenvalue weighted by molar-refractivity contribution is 5.89. The van der Waals surface area contributed by atoms with Crippen molar-refractivity contribution >= 4 is 64.2 Å². The summed E-state index contributed by atoms with van der Waals surface area (Å²) in [6.07, 6.45) is -1.42. The van der Waals surface area contributed by atoms with Gasteiger partial charge in [-0.2, -0.15) is 0 Å². The van der Waals surface area contributed by atoms with Gasteiger partial charge >= 0.3 is 64.2 Å². The second-order valence-corrected chi connectivity index (χ2v) is 1.61. The zero-order chi connectivity index (χ0) is 9.56. The molecule has 0 aromatic carbocycles. The molecule has 0 radical (unpaired) electrons. The fraction of sp³-hybridized carbons (Fsp3) is 0.400. The molecule has 0 aromatic rings. The van der Waals surface area contributed by atoms with E-state index in [-0.39, 0.29) is 46.1 Å². The van der Waals surface area contributed by atoms with Crippen LogP contribution < -0.4 is 11.5 Å². The van der Waals surface area contributed by atoms with Gasteiger partial charge in [0.05, 0.1) is 13.1 Å². The molecule has 0 aliphatic heterocycles. The first-order valence-corrected chi connectivity index (χ1v) is 2.95. The van der Waals surface area contributed by atoms with E-state index in [0.717, 1.165) is 0 Å². The smallest absolute Gasteiger partial charge is 0.359 e. The summed E-state index contributed by atoms with van der Waals surface area (Å²) in [7, 11) is 0. The summed E-state index contributed by atoms with van der Waals surface area (Å²) < 4.78 is 7.74. The lowest BCUT2D eigenvalue weighted by atomic mass is 10.7. The van der Waals surface area contributed by atoms with Crippen molar-refractivity contribution in [2.24, 2.45) is 11.5 Å². The lowest BCUT2D eigenvalue weighted by molar-refractivity contribution is -0.144. The molecule has 0 heterocycles.